The number of nitrogens with zero attached hydrogens (tertiary/aromatic N) is 4. The van der Waals surface area contributed by atoms with Gasteiger partial charge in [0.05, 0.1) is 6.57 Å². The van der Waals surface area contributed by atoms with Crippen molar-refractivity contribution in [1.82, 2.24) is 9.55 Å². The fraction of sp³-hybridized carbons (Fsp3) is 0.167. The predicted molar refractivity (Wildman–Crippen MR) is 85.9 cm³/mol. The van der Waals surface area contributed by atoms with Crippen molar-refractivity contribution in [2.45, 2.75) is 13.8 Å². The van der Waals surface area contributed by atoms with Crippen molar-refractivity contribution in [3.8, 4) is 17.1 Å². The largest absolute Gasteiger partial charge is 0.334 e. The Hall–Kier alpha value is -2.93. The molecule has 0 unspecified atom stereocenters. The highest BCUT2D eigenvalue weighted by Gasteiger charge is 2.19. The summed E-state index contributed by atoms with van der Waals surface area (Å²) in [4.78, 5) is 8.06. The van der Waals surface area contributed by atoms with Gasteiger partial charge in [-0.05, 0) is 13.0 Å². The number of aryl methyl sites for hydroxylation is 2. The van der Waals surface area contributed by atoms with Crippen LogP contribution in [0, 0.1) is 20.4 Å². The molecule has 3 rings (SSSR count). The van der Waals surface area contributed by atoms with Gasteiger partial charge in [-0.2, -0.15) is 4.57 Å². The van der Waals surface area contributed by atoms with E-state index in [0.717, 1.165) is 28.3 Å². The third-order valence-electron chi connectivity index (χ3n) is 3.88. The van der Waals surface area contributed by atoms with E-state index in [2.05, 4.69) is 34.3 Å². The van der Waals surface area contributed by atoms with Crippen LogP contribution in [0.3, 0.4) is 0 Å². The molecule has 0 aliphatic rings. The van der Waals surface area contributed by atoms with Crippen molar-refractivity contribution in [2.24, 2.45) is 7.05 Å². The number of hydrogen-bond donors (Lipinski definition) is 0. The first-order chi connectivity index (χ1) is 10.6. The topological polar surface area (TPSA) is 26.1 Å². The minimum Gasteiger partial charge on any atom is -0.334 e. The van der Waals surface area contributed by atoms with Crippen LogP contribution in [-0.4, -0.2) is 9.55 Å². The Morgan fingerprint density at radius 3 is 2.68 bits per heavy atom. The van der Waals surface area contributed by atoms with Gasteiger partial charge in [-0.3, -0.25) is 0 Å². The first-order valence-corrected chi connectivity index (χ1v) is 7.09. The highest BCUT2D eigenvalue weighted by Crippen LogP contribution is 2.30. The summed E-state index contributed by atoms with van der Waals surface area (Å²) in [5.41, 5.74) is 4.87. The second-order valence-electron chi connectivity index (χ2n) is 5.32. The van der Waals surface area contributed by atoms with Gasteiger partial charge in [0, 0.05) is 55.7 Å². The van der Waals surface area contributed by atoms with Crippen LogP contribution in [0.1, 0.15) is 11.3 Å². The standard InChI is InChI=1S/C18H17N4/c1-13-7-5-6-9-22(13)17-12-15(19-3)11-16(14(17)2)18-20-8-10-21(18)4/h5-12H,1-2,4H3/q+1. The van der Waals surface area contributed by atoms with E-state index >= 15 is 0 Å². The lowest BCUT2D eigenvalue weighted by atomic mass is 10.0. The van der Waals surface area contributed by atoms with E-state index in [1.54, 1.807) is 6.20 Å². The predicted octanol–water partition coefficient (Wildman–Crippen LogP) is 3.53. The number of hydrogen-bond acceptors (Lipinski definition) is 1. The van der Waals surface area contributed by atoms with Gasteiger partial charge in [-0.25, -0.2) is 9.83 Å². The molecule has 0 aliphatic carbocycles. The van der Waals surface area contributed by atoms with Crippen molar-refractivity contribution in [3.63, 3.8) is 0 Å². The maximum absolute atomic E-state index is 7.39. The van der Waals surface area contributed by atoms with E-state index in [1.807, 2.05) is 48.3 Å². The van der Waals surface area contributed by atoms with Crippen LogP contribution in [0.15, 0.2) is 48.9 Å². The normalized spacial score (nSPS) is 10.5. The third kappa shape index (κ3) is 2.27. The molecule has 0 spiro atoms. The number of benzene rings is 1. The van der Waals surface area contributed by atoms with E-state index in [9.17, 15) is 0 Å². The number of aromatic nitrogens is 3. The Bertz CT molecular complexity index is 884. The molecule has 0 radical (unpaired) electrons. The Morgan fingerprint density at radius 2 is 2.05 bits per heavy atom. The molecular formula is C18H17N4+. The van der Waals surface area contributed by atoms with E-state index in [0.29, 0.717) is 5.69 Å². The first-order valence-electron chi connectivity index (χ1n) is 7.09. The van der Waals surface area contributed by atoms with Gasteiger partial charge in [-0.1, -0.05) is 6.07 Å². The van der Waals surface area contributed by atoms with Gasteiger partial charge in [-0.15, -0.1) is 0 Å². The van der Waals surface area contributed by atoms with E-state index in [-0.39, 0.29) is 0 Å². The van der Waals surface area contributed by atoms with Crippen LogP contribution in [0.25, 0.3) is 21.9 Å². The van der Waals surface area contributed by atoms with Gasteiger partial charge in [0.2, 0.25) is 5.69 Å². The minimum absolute atomic E-state index is 0.620. The van der Waals surface area contributed by atoms with E-state index in [4.69, 9.17) is 6.57 Å². The zero-order chi connectivity index (χ0) is 15.7. The molecule has 0 amide bonds. The highest BCUT2D eigenvalue weighted by molar-refractivity contribution is 5.71. The highest BCUT2D eigenvalue weighted by atomic mass is 15.0. The molecule has 4 heteroatoms. The molecule has 0 fully saturated rings. The number of rotatable bonds is 2. The van der Waals surface area contributed by atoms with Crippen LogP contribution >= 0.6 is 0 Å². The average molecular weight is 289 g/mol. The van der Waals surface area contributed by atoms with Crippen molar-refractivity contribution < 1.29 is 4.57 Å². The Balaban J connectivity index is 2.31. The molecule has 4 nitrogen and oxygen atoms in total. The van der Waals surface area contributed by atoms with Crippen LogP contribution in [0.2, 0.25) is 0 Å². The molecule has 3 aromatic rings. The maximum Gasteiger partial charge on any atom is 0.204 e. The Kier molecular flexibility index (Phi) is 3.48. The van der Waals surface area contributed by atoms with Gasteiger partial charge in [0.25, 0.3) is 0 Å². The first kappa shape index (κ1) is 14.0. The average Bonchev–Trinajstić information content (AvgIpc) is 2.94. The monoisotopic (exact) mass is 289 g/mol. The van der Waals surface area contributed by atoms with Gasteiger partial charge >= 0.3 is 0 Å². The van der Waals surface area contributed by atoms with E-state index in [1.165, 1.54) is 0 Å². The van der Waals surface area contributed by atoms with Crippen molar-refractivity contribution in [1.29, 1.82) is 0 Å². The molecule has 0 bridgehead atoms. The molecule has 0 aliphatic heterocycles. The van der Waals surface area contributed by atoms with Crippen LogP contribution in [-0.2, 0) is 7.05 Å². The summed E-state index contributed by atoms with van der Waals surface area (Å²) in [6.07, 6.45) is 5.72. The van der Waals surface area contributed by atoms with Crippen molar-refractivity contribution >= 4 is 5.69 Å². The Morgan fingerprint density at radius 1 is 1.23 bits per heavy atom. The smallest absolute Gasteiger partial charge is 0.204 e. The minimum atomic E-state index is 0.620. The molecule has 1 aromatic carbocycles. The fourth-order valence-corrected chi connectivity index (χ4v) is 2.66. The Labute approximate surface area is 130 Å². The SMILES string of the molecule is [C-]#[N+]c1cc(-c2nccn2C)c(C)c(-[n+]2ccccc2C)c1. The van der Waals surface area contributed by atoms with Gasteiger partial charge in [0.1, 0.15) is 5.82 Å². The molecule has 0 saturated heterocycles. The van der Waals surface area contributed by atoms with Crippen LogP contribution < -0.4 is 4.57 Å². The summed E-state index contributed by atoms with van der Waals surface area (Å²) in [6.45, 7) is 11.5. The lowest BCUT2D eigenvalue weighted by molar-refractivity contribution is -0.603. The van der Waals surface area contributed by atoms with Crippen LogP contribution in [0.4, 0.5) is 5.69 Å². The summed E-state index contributed by atoms with van der Waals surface area (Å²) in [6, 6.07) is 9.91. The lowest BCUT2D eigenvalue weighted by Crippen LogP contribution is -2.34. The number of pyridine rings is 1. The fourth-order valence-electron chi connectivity index (χ4n) is 2.66. The summed E-state index contributed by atoms with van der Waals surface area (Å²) in [7, 11) is 1.97. The molecule has 22 heavy (non-hydrogen) atoms. The summed E-state index contributed by atoms with van der Waals surface area (Å²) < 4.78 is 4.08. The lowest BCUT2D eigenvalue weighted by Gasteiger charge is -2.10. The third-order valence-corrected chi connectivity index (χ3v) is 3.88. The zero-order valence-corrected chi connectivity index (χ0v) is 12.9. The summed E-state index contributed by atoms with van der Waals surface area (Å²) in [5, 5.41) is 0. The summed E-state index contributed by atoms with van der Waals surface area (Å²) in [5.74, 6) is 0.874. The van der Waals surface area contributed by atoms with Gasteiger partial charge in [0.15, 0.2) is 17.6 Å². The molecule has 2 aromatic heterocycles. The zero-order valence-electron chi connectivity index (χ0n) is 12.9. The summed E-state index contributed by atoms with van der Waals surface area (Å²) >= 11 is 0. The number of imidazole rings is 1. The molecular weight excluding hydrogens is 272 g/mol. The second kappa shape index (κ2) is 5.45. The molecule has 0 N–H and O–H groups in total. The molecule has 2 heterocycles. The quantitative estimate of drug-likeness (QED) is 0.523. The molecule has 0 atom stereocenters. The van der Waals surface area contributed by atoms with Crippen LogP contribution in [0.5, 0.6) is 0 Å². The maximum atomic E-state index is 7.39. The van der Waals surface area contributed by atoms with Gasteiger partial charge < -0.3 is 4.57 Å². The second-order valence-corrected chi connectivity index (χ2v) is 5.32. The molecule has 108 valence electrons. The molecule has 0 saturated carbocycles. The van der Waals surface area contributed by atoms with Crippen molar-refractivity contribution in [3.05, 3.63) is 71.6 Å². The van der Waals surface area contributed by atoms with Crippen molar-refractivity contribution in [2.75, 3.05) is 0 Å². The van der Waals surface area contributed by atoms with E-state index < -0.39 is 0 Å².